The first kappa shape index (κ1) is 8.28. The van der Waals surface area contributed by atoms with Crippen LogP contribution in [0, 0.1) is 6.92 Å². The highest BCUT2D eigenvalue weighted by molar-refractivity contribution is 5.96. The maximum Gasteiger partial charge on any atom is 0.319 e. The van der Waals surface area contributed by atoms with E-state index in [-0.39, 0.29) is 6.03 Å². The van der Waals surface area contributed by atoms with Crippen molar-refractivity contribution in [1.29, 1.82) is 0 Å². The van der Waals surface area contributed by atoms with Crippen molar-refractivity contribution >= 4 is 22.6 Å². The van der Waals surface area contributed by atoms with Crippen LogP contribution in [0.1, 0.15) is 11.3 Å². The summed E-state index contributed by atoms with van der Waals surface area (Å²) in [7, 11) is 0. The second-order valence-corrected chi connectivity index (χ2v) is 3.68. The molecule has 76 valence electrons. The van der Waals surface area contributed by atoms with Gasteiger partial charge < -0.3 is 10.6 Å². The molecule has 1 aliphatic rings. The van der Waals surface area contributed by atoms with Gasteiger partial charge in [0.1, 0.15) is 0 Å². The minimum absolute atomic E-state index is 0.158. The summed E-state index contributed by atoms with van der Waals surface area (Å²) in [6, 6.07) is 3.79. The molecule has 3 rings (SSSR count). The van der Waals surface area contributed by atoms with Crippen LogP contribution in [-0.4, -0.2) is 16.2 Å². The number of amides is 2. The molecule has 0 saturated heterocycles. The van der Waals surface area contributed by atoms with Crippen molar-refractivity contribution in [3.05, 3.63) is 23.4 Å². The predicted molar refractivity (Wildman–Crippen MR) is 56.7 cm³/mol. The number of aromatic nitrogens is 2. The SMILES string of the molecule is Cc1[nH]nc2cc3c(cc12)CNC(=O)N3. The fraction of sp³-hybridized carbons (Fsp3) is 0.200. The van der Waals surface area contributed by atoms with Crippen molar-refractivity contribution in [2.75, 3.05) is 5.32 Å². The van der Waals surface area contributed by atoms with Gasteiger partial charge in [0.15, 0.2) is 0 Å². The van der Waals surface area contributed by atoms with E-state index in [1.807, 2.05) is 13.0 Å². The van der Waals surface area contributed by atoms with Crippen molar-refractivity contribution in [2.24, 2.45) is 0 Å². The van der Waals surface area contributed by atoms with Crippen LogP contribution in [0.15, 0.2) is 12.1 Å². The second kappa shape index (κ2) is 2.73. The topological polar surface area (TPSA) is 69.8 Å². The average Bonchev–Trinajstić information content (AvgIpc) is 2.57. The van der Waals surface area contributed by atoms with Crippen LogP contribution < -0.4 is 10.6 Å². The molecule has 0 unspecified atom stereocenters. The van der Waals surface area contributed by atoms with Gasteiger partial charge in [0.05, 0.1) is 5.52 Å². The molecule has 2 aromatic rings. The van der Waals surface area contributed by atoms with Crippen LogP contribution >= 0.6 is 0 Å². The number of anilines is 1. The lowest BCUT2D eigenvalue weighted by atomic mass is 10.1. The molecule has 0 fully saturated rings. The highest BCUT2D eigenvalue weighted by Gasteiger charge is 2.15. The molecular weight excluding hydrogens is 192 g/mol. The summed E-state index contributed by atoms with van der Waals surface area (Å²) in [5.41, 5.74) is 3.86. The average molecular weight is 202 g/mol. The number of nitrogens with zero attached hydrogens (tertiary/aromatic N) is 1. The van der Waals surface area contributed by atoms with Gasteiger partial charge in [-0.3, -0.25) is 5.10 Å². The Labute approximate surface area is 85.9 Å². The van der Waals surface area contributed by atoms with Crippen molar-refractivity contribution in [3.63, 3.8) is 0 Å². The van der Waals surface area contributed by atoms with Crippen LogP contribution in [0.3, 0.4) is 0 Å². The van der Waals surface area contributed by atoms with Crippen LogP contribution in [0.2, 0.25) is 0 Å². The van der Waals surface area contributed by atoms with E-state index in [1.54, 1.807) is 0 Å². The largest absolute Gasteiger partial charge is 0.334 e. The lowest BCUT2D eigenvalue weighted by Gasteiger charge is -2.17. The first-order valence-corrected chi connectivity index (χ1v) is 4.76. The summed E-state index contributed by atoms with van der Waals surface area (Å²) in [6.45, 7) is 2.55. The summed E-state index contributed by atoms with van der Waals surface area (Å²) in [5.74, 6) is 0. The Morgan fingerprint density at radius 1 is 1.40 bits per heavy atom. The number of urea groups is 1. The number of H-pyrrole nitrogens is 1. The van der Waals surface area contributed by atoms with Crippen LogP contribution in [0.25, 0.3) is 10.9 Å². The van der Waals surface area contributed by atoms with Gasteiger partial charge in [-0.25, -0.2) is 4.79 Å². The third-order valence-electron chi connectivity index (χ3n) is 2.66. The van der Waals surface area contributed by atoms with Gasteiger partial charge in [-0.15, -0.1) is 0 Å². The van der Waals surface area contributed by atoms with E-state index in [9.17, 15) is 4.79 Å². The Morgan fingerprint density at radius 2 is 2.27 bits per heavy atom. The number of hydrogen-bond donors (Lipinski definition) is 3. The standard InChI is InChI=1S/C10H10N4O/c1-5-7-2-6-4-11-10(15)12-8(6)3-9(7)14-13-5/h2-3H,4H2,1H3,(H,13,14)(H2,11,12,15). The zero-order valence-electron chi connectivity index (χ0n) is 8.22. The molecule has 5 nitrogen and oxygen atoms in total. The minimum atomic E-state index is -0.158. The molecule has 0 bridgehead atoms. The molecule has 2 heterocycles. The van der Waals surface area contributed by atoms with Gasteiger partial charge in [-0.1, -0.05) is 0 Å². The van der Waals surface area contributed by atoms with E-state index in [4.69, 9.17) is 0 Å². The smallest absolute Gasteiger partial charge is 0.319 e. The molecule has 3 N–H and O–H groups in total. The highest BCUT2D eigenvalue weighted by atomic mass is 16.2. The zero-order chi connectivity index (χ0) is 10.4. The molecule has 1 aromatic carbocycles. The molecular formula is C10H10N4O. The second-order valence-electron chi connectivity index (χ2n) is 3.68. The van der Waals surface area contributed by atoms with Gasteiger partial charge in [0.25, 0.3) is 0 Å². The molecule has 0 saturated carbocycles. The zero-order valence-corrected chi connectivity index (χ0v) is 8.22. The summed E-state index contributed by atoms with van der Waals surface area (Å²) in [6.07, 6.45) is 0. The van der Waals surface area contributed by atoms with Crippen molar-refractivity contribution in [2.45, 2.75) is 13.5 Å². The molecule has 0 aliphatic carbocycles. The van der Waals surface area contributed by atoms with Gasteiger partial charge in [-0.2, -0.15) is 5.10 Å². The third kappa shape index (κ3) is 1.16. The molecule has 15 heavy (non-hydrogen) atoms. The van der Waals surface area contributed by atoms with Gasteiger partial charge in [0, 0.05) is 23.3 Å². The molecule has 1 aliphatic heterocycles. The van der Waals surface area contributed by atoms with E-state index >= 15 is 0 Å². The van der Waals surface area contributed by atoms with Gasteiger partial charge in [-0.05, 0) is 24.6 Å². The quantitative estimate of drug-likeness (QED) is 0.606. The minimum Gasteiger partial charge on any atom is -0.334 e. The number of aryl methyl sites for hydroxylation is 1. The predicted octanol–water partition coefficient (Wildman–Crippen LogP) is 1.51. The molecule has 1 aromatic heterocycles. The summed E-state index contributed by atoms with van der Waals surface area (Å²) >= 11 is 0. The summed E-state index contributed by atoms with van der Waals surface area (Å²) in [4.78, 5) is 11.1. The number of hydrogen-bond acceptors (Lipinski definition) is 2. The fourth-order valence-electron chi connectivity index (χ4n) is 1.83. The Kier molecular flexibility index (Phi) is 1.50. The monoisotopic (exact) mass is 202 g/mol. The summed E-state index contributed by atoms with van der Waals surface area (Å²) in [5, 5.41) is 13.7. The number of nitrogens with one attached hydrogen (secondary N) is 3. The number of carbonyl (C=O) groups is 1. The van der Waals surface area contributed by atoms with E-state index in [2.05, 4.69) is 26.9 Å². The number of aromatic amines is 1. The number of benzene rings is 1. The number of carbonyl (C=O) groups excluding carboxylic acids is 1. The van der Waals surface area contributed by atoms with Crippen LogP contribution in [0.4, 0.5) is 10.5 Å². The molecule has 2 amide bonds. The van der Waals surface area contributed by atoms with Crippen molar-refractivity contribution < 1.29 is 4.79 Å². The fourth-order valence-corrected chi connectivity index (χ4v) is 1.83. The van der Waals surface area contributed by atoms with E-state index < -0.39 is 0 Å². The van der Waals surface area contributed by atoms with Crippen LogP contribution in [-0.2, 0) is 6.54 Å². The maximum atomic E-state index is 11.1. The van der Waals surface area contributed by atoms with Crippen LogP contribution in [0.5, 0.6) is 0 Å². The first-order valence-electron chi connectivity index (χ1n) is 4.76. The van der Waals surface area contributed by atoms with E-state index in [1.165, 1.54) is 0 Å². The normalized spacial score (nSPS) is 14.6. The number of rotatable bonds is 0. The Hall–Kier alpha value is -2.04. The maximum absolute atomic E-state index is 11.1. The molecule has 0 atom stereocenters. The lowest BCUT2D eigenvalue weighted by Crippen LogP contribution is -2.33. The Balaban J connectivity index is 2.25. The lowest BCUT2D eigenvalue weighted by molar-refractivity contribution is 0.251. The third-order valence-corrected chi connectivity index (χ3v) is 2.66. The van der Waals surface area contributed by atoms with E-state index in [0.717, 1.165) is 27.8 Å². The Bertz CT molecular complexity index is 558. The molecule has 0 spiro atoms. The van der Waals surface area contributed by atoms with Gasteiger partial charge in [0.2, 0.25) is 0 Å². The molecule has 5 heteroatoms. The van der Waals surface area contributed by atoms with E-state index in [0.29, 0.717) is 6.54 Å². The summed E-state index contributed by atoms with van der Waals surface area (Å²) < 4.78 is 0. The Morgan fingerprint density at radius 3 is 3.13 bits per heavy atom. The van der Waals surface area contributed by atoms with Gasteiger partial charge >= 0.3 is 6.03 Å². The van der Waals surface area contributed by atoms with Crippen molar-refractivity contribution in [1.82, 2.24) is 15.5 Å². The molecule has 0 radical (unpaired) electrons. The highest BCUT2D eigenvalue weighted by Crippen LogP contribution is 2.26. The van der Waals surface area contributed by atoms with Crippen molar-refractivity contribution in [3.8, 4) is 0 Å². The first-order chi connectivity index (χ1) is 7.24. The number of fused-ring (bicyclic) bond motifs is 2.